The highest BCUT2D eigenvalue weighted by atomic mass is 16.1. The Hall–Kier alpha value is -0.920. The summed E-state index contributed by atoms with van der Waals surface area (Å²) in [6.45, 7) is 5.77. The highest BCUT2D eigenvalue weighted by Gasteiger charge is 2.48. The van der Waals surface area contributed by atoms with Gasteiger partial charge in [0.2, 0.25) is 0 Å². The summed E-state index contributed by atoms with van der Waals surface area (Å²) >= 11 is 0. The highest BCUT2D eigenvalue weighted by molar-refractivity contribution is 5.94. The van der Waals surface area contributed by atoms with E-state index in [0.29, 0.717) is 18.1 Å². The van der Waals surface area contributed by atoms with E-state index in [0.717, 1.165) is 18.4 Å². The molecule has 0 heterocycles. The van der Waals surface area contributed by atoms with E-state index in [9.17, 15) is 9.59 Å². The molecule has 2 aliphatic rings. The van der Waals surface area contributed by atoms with Crippen LogP contribution >= 0.6 is 0 Å². The third kappa shape index (κ3) is 1.47. The van der Waals surface area contributed by atoms with E-state index in [1.165, 1.54) is 0 Å². The number of rotatable bonds is 1. The standard InChI is InChI=1S/C13H18O2/c1-8-12(15)5-4-11-6-10(9(2)14)7-13(8,11)3/h7-8,11H,4-6H2,1-3H3/t8-,11+,13+/m0/s1. The van der Waals surface area contributed by atoms with Crippen LogP contribution in [0.4, 0.5) is 0 Å². The van der Waals surface area contributed by atoms with Gasteiger partial charge in [-0.15, -0.1) is 0 Å². The van der Waals surface area contributed by atoms with Crippen molar-refractivity contribution in [1.82, 2.24) is 0 Å². The summed E-state index contributed by atoms with van der Waals surface area (Å²) in [5.74, 6) is 1.11. The third-order valence-corrected chi connectivity index (χ3v) is 4.44. The van der Waals surface area contributed by atoms with Crippen LogP contribution < -0.4 is 0 Å². The van der Waals surface area contributed by atoms with Crippen LogP contribution in [0.1, 0.15) is 40.0 Å². The lowest BCUT2D eigenvalue weighted by atomic mass is 9.63. The maximum atomic E-state index is 11.7. The molecule has 1 saturated carbocycles. The molecular formula is C13H18O2. The molecule has 2 heteroatoms. The number of allylic oxidation sites excluding steroid dienone is 2. The monoisotopic (exact) mass is 206 g/mol. The molecule has 1 fully saturated rings. The lowest BCUT2D eigenvalue weighted by Crippen LogP contribution is -2.38. The van der Waals surface area contributed by atoms with E-state index in [-0.39, 0.29) is 17.1 Å². The zero-order chi connectivity index (χ0) is 11.2. The van der Waals surface area contributed by atoms with Crippen molar-refractivity contribution in [1.29, 1.82) is 0 Å². The molecule has 2 rings (SSSR count). The Morgan fingerprint density at radius 3 is 2.80 bits per heavy atom. The van der Waals surface area contributed by atoms with E-state index in [4.69, 9.17) is 0 Å². The van der Waals surface area contributed by atoms with Gasteiger partial charge in [-0.1, -0.05) is 19.9 Å². The van der Waals surface area contributed by atoms with Crippen LogP contribution in [0.3, 0.4) is 0 Å². The molecule has 0 saturated heterocycles. The number of hydrogen-bond donors (Lipinski definition) is 0. The smallest absolute Gasteiger partial charge is 0.155 e. The van der Waals surface area contributed by atoms with Gasteiger partial charge in [0.05, 0.1) is 0 Å². The van der Waals surface area contributed by atoms with E-state index in [1.807, 2.05) is 6.92 Å². The molecule has 0 aromatic rings. The zero-order valence-electron chi connectivity index (χ0n) is 9.67. The average Bonchev–Trinajstić information content (AvgIpc) is 2.52. The topological polar surface area (TPSA) is 34.1 Å². The molecule has 0 N–H and O–H groups in total. The minimum Gasteiger partial charge on any atom is -0.299 e. The number of ketones is 2. The first kappa shape index (κ1) is 10.6. The Bertz CT molecular complexity index is 354. The fourth-order valence-corrected chi connectivity index (χ4v) is 3.05. The molecule has 3 atom stereocenters. The third-order valence-electron chi connectivity index (χ3n) is 4.44. The van der Waals surface area contributed by atoms with Crippen molar-refractivity contribution < 1.29 is 9.59 Å². The molecule has 0 unspecified atom stereocenters. The second-order valence-electron chi connectivity index (χ2n) is 5.22. The van der Waals surface area contributed by atoms with Gasteiger partial charge in [-0.3, -0.25) is 9.59 Å². The maximum absolute atomic E-state index is 11.7. The summed E-state index contributed by atoms with van der Waals surface area (Å²) in [5.41, 5.74) is 0.875. The normalized spacial score (nSPS) is 39.9. The zero-order valence-corrected chi connectivity index (χ0v) is 9.67. The number of hydrogen-bond acceptors (Lipinski definition) is 2. The minimum absolute atomic E-state index is 0.0592. The van der Waals surface area contributed by atoms with E-state index >= 15 is 0 Å². The number of Topliss-reactive ketones (excluding diaryl/α,β-unsaturated/α-hetero) is 2. The molecular weight excluding hydrogens is 188 g/mol. The fourth-order valence-electron chi connectivity index (χ4n) is 3.05. The Balaban J connectivity index is 2.35. The van der Waals surface area contributed by atoms with Crippen LogP contribution in [0.15, 0.2) is 11.6 Å². The van der Waals surface area contributed by atoms with Gasteiger partial charge in [-0.2, -0.15) is 0 Å². The first-order valence-corrected chi connectivity index (χ1v) is 5.70. The molecule has 15 heavy (non-hydrogen) atoms. The molecule has 0 aromatic carbocycles. The van der Waals surface area contributed by atoms with Gasteiger partial charge < -0.3 is 0 Å². The predicted octanol–water partition coefficient (Wildman–Crippen LogP) is 2.53. The molecule has 2 aliphatic carbocycles. The van der Waals surface area contributed by atoms with Crippen molar-refractivity contribution in [2.45, 2.75) is 40.0 Å². The first-order chi connectivity index (χ1) is 6.95. The summed E-state index contributed by atoms with van der Waals surface area (Å²) in [6, 6.07) is 0. The van der Waals surface area contributed by atoms with Crippen molar-refractivity contribution in [2.24, 2.45) is 17.3 Å². The van der Waals surface area contributed by atoms with Gasteiger partial charge in [0.25, 0.3) is 0 Å². The van der Waals surface area contributed by atoms with Crippen molar-refractivity contribution in [3.05, 3.63) is 11.6 Å². The number of carbonyl (C=O) groups excluding carboxylic acids is 2. The number of fused-ring (bicyclic) bond motifs is 1. The average molecular weight is 206 g/mol. The first-order valence-electron chi connectivity index (χ1n) is 5.70. The van der Waals surface area contributed by atoms with Crippen molar-refractivity contribution in [3.63, 3.8) is 0 Å². The van der Waals surface area contributed by atoms with Crippen LogP contribution in [0.25, 0.3) is 0 Å². The Morgan fingerprint density at radius 2 is 2.20 bits per heavy atom. The molecule has 0 amide bonds. The van der Waals surface area contributed by atoms with Gasteiger partial charge >= 0.3 is 0 Å². The summed E-state index contributed by atoms with van der Waals surface area (Å²) < 4.78 is 0. The van der Waals surface area contributed by atoms with Crippen LogP contribution in [-0.2, 0) is 9.59 Å². The summed E-state index contributed by atoms with van der Waals surface area (Å²) in [7, 11) is 0. The molecule has 2 nitrogen and oxygen atoms in total. The fraction of sp³-hybridized carbons (Fsp3) is 0.692. The molecule has 0 aliphatic heterocycles. The van der Waals surface area contributed by atoms with Crippen LogP contribution in [-0.4, -0.2) is 11.6 Å². The number of carbonyl (C=O) groups is 2. The van der Waals surface area contributed by atoms with Gasteiger partial charge in [-0.25, -0.2) is 0 Å². The van der Waals surface area contributed by atoms with Crippen LogP contribution in [0, 0.1) is 17.3 Å². The van der Waals surface area contributed by atoms with E-state index in [1.54, 1.807) is 6.92 Å². The van der Waals surface area contributed by atoms with Gasteiger partial charge in [0.15, 0.2) is 5.78 Å². The van der Waals surface area contributed by atoms with Crippen molar-refractivity contribution >= 4 is 11.6 Å². The Labute approximate surface area is 90.7 Å². The molecule has 0 radical (unpaired) electrons. The van der Waals surface area contributed by atoms with Crippen molar-refractivity contribution in [3.8, 4) is 0 Å². The SMILES string of the molecule is CC(=O)C1=C[C@@]2(C)[C@H](CCC(=O)[C@@H]2C)C1. The van der Waals surface area contributed by atoms with E-state index in [2.05, 4.69) is 13.0 Å². The van der Waals surface area contributed by atoms with Crippen LogP contribution in [0.5, 0.6) is 0 Å². The molecule has 82 valence electrons. The van der Waals surface area contributed by atoms with Crippen LogP contribution in [0.2, 0.25) is 0 Å². The lowest BCUT2D eigenvalue weighted by Gasteiger charge is -2.40. The highest BCUT2D eigenvalue weighted by Crippen LogP contribution is 2.52. The largest absolute Gasteiger partial charge is 0.299 e. The molecule has 0 bridgehead atoms. The molecule has 0 spiro atoms. The quantitative estimate of drug-likeness (QED) is 0.660. The second-order valence-corrected chi connectivity index (χ2v) is 5.22. The predicted molar refractivity (Wildman–Crippen MR) is 58.4 cm³/mol. The Morgan fingerprint density at radius 1 is 1.53 bits per heavy atom. The van der Waals surface area contributed by atoms with E-state index < -0.39 is 0 Å². The van der Waals surface area contributed by atoms with Crippen molar-refractivity contribution in [2.75, 3.05) is 0 Å². The second kappa shape index (κ2) is 3.29. The van der Waals surface area contributed by atoms with Gasteiger partial charge in [0, 0.05) is 12.3 Å². The minimum atomic E-state index is -0.0592. The lowest BCUT2D eigenvalue weighted by molar-refractivity contribution is -0.129. The maximum Gasteiger partial charge on any atom is 0.155 e. The molecule has 0 aromatic heterocycles. The van der Waals surface area contributed by atoms with Gasteiger partial charge in [-0.05, 0) is 36.7 Å². The summed E-state index contributed by atoms with van der Waals surface area (Å²) in [5, 5.41) is 0. The summed E-state index contributed by atoms with van der Waals surface area (Å²) in [6.07, 6.45) is 4.60. The Kier molecular flexibility index (Phi) is 2.32. The summed E-state index contributed by atoms with van der Waals surface area (Å²) in [4.78, 5) is 23.1. The van der Waals surface area contributed by atoms with Gasteiger partial charge in [0.1, 0.15) is 5.78 Å².